The van der Waals surface area contributed by atoms with Gasteiger partial charge in [-0.1, -0.05) is 23.7 Å². The fraction of sp³-hybridized carbons (Fsp3) is 0. The number of fused-ring (bicyclic) bond motifs is 1. The molecule has 0 aliphatic heterocycles. The first-order valence-corrected chi connectivity index (χ1v) is 6.77. The van der Waals surface area contributed by atoms with Crippen molar-refractivity contribution in [1.29, 1.82) is 0 Å². The Morgan fingerprint density at radius 1 is 1.23 bits per heavy atom. The van der Waals surface area contributed by atoms with Gasteiger partial charge in [-0.15, -0.1) is 0 Å². The molecule has 0 atom stereocenters. The fourth-order valence-electron chi connectivity index (χ4n) is 2.16. The molecule has 2 aromatic carbocycles. The number of nitrogens with zero attached hydrogens (tertiary/aromatic N) is 1. The third kappa shape index (κ3) is 2.58. The highest BCUT2D eigenvalue weighted by molar-refractivity contribution is 6.31. The molecule has 1 aromatic heterocycles. The van der Waals surface area contributed by atoms with Crippen LogP contribution in [0.25, 0.3) is 10.9 Å². The maximum absolute atomic E-state index is 13.8. The van der Waals surface area contributed by atoms with E-state index in [-0.39, 0.29) is 16.9 Å². The molecule has 0 spiro atoms. The Hall–Kier alpha value is -2.66. The van der Waals surface area contributed by atoms with Gasteiger partial charge in [-0.25, -0.2) is 9.18 Å². The van der Waals surface area contributed by atoms with Crippen molar-refractivity contribution in [3.8, 4) is 0 Å². The topological polar surface area (TPSA) is 62.2 Å². The SMILES string of the molecule is O=C(O)c1cnc2ccc(Cl)cc2c1Nc1ccccc1F. The largest absolute Gasteiger partial charge is 0.478 e. The third-order valence-corrected chi connectivity index (χ3v) is 3.43. The van der Waals surface area contributed by atoms with Crippen molar-refractivity contribution in [3.63, 3.8) is 0 Å². The Labute approximate surface area is 130 Å². The molecule has 0 amide bonds. The summed E-state index contributed by atoms with van der Waals surface area (Å²) in [5.41, 5.74) is 0.939. The third-order valence-electron chi connectivity index (χ3n) is 3.19. The number of carboxylic acid groups (broad SMARTS) is 1. The van der Waals surface area contributed by atoms with Crippen molar-refractivity contribution in [3.05, 3.63) is 65.1 Å². The number of anilines is 2. The number of nitrogens with one attached hydrogen (secondary N) is 1. The van der Waals surface area contributed by atoms with E-state index in [1.807, 2.05) is 0 Å². The van der Waals surface area contributed by atoms with Crippen molar-refractivity contribution in [1.82, 2.24) is 4.98 Å². The highest BCUT2D eigenvalue weighted by atomic mass is 35.5. The van der Waals surface area contributed by atoms with E-state index < -0.39 is 11.8 Å². The second-order valence-electron chi connectivity index (χ2n) is 4.62. The lowest BCUT2D eigenvalue weighted by Gasteiger charge is -2.13. The molecule has 22 heavy (non-hydrogen) atoms. The van der Waals surface area contributed by atoms with Gasteiger partial charge in [0.1, 0.15) is 11.4 Å². The molecule has 3 rings (SSSR count). The second-order valence-corrected chi connectivity index (χ2v) is 5.05. The van der Waals surface area contributed by atoms with Crippen molar-refractivity contribution in [2.24, 2.45) is 0 Å². The number of aromatic nitrogens is 1. The van der Waals surface area contributed by atoms with E-state index in [9.17, 15) is 14.3 Å². The second kappa shape index (κ2) is 5.61. The van der Waals surface area contributed by atoms with E-state index in [0.29, 0.717) is 15.9 Å². The quantitative estimate of drug-likeness (QED) is 0.748. The zero-order chi connectivity index (χ0) is 15.7. The van der Waals surface area contributed by atoms with Crippen molar-refractivity contribution in [2.45, 2.75) is 0 Å². The van der Waals surface area contributed by atoms with Gasteiger partial charge in [-0.2, -0.15) is 0 Å². The van der Waals surface area contributed by atoms with Crippen LogP contribution in [0.5, 0.6) is 0 Å². The molecule has 0 bridgehead atoms. The lowest BCUT2D eigenvalue weighted by Crippen LogP contribution is -2.05. The van der Waals surface area contributed by atoms with Gasteiger partial charge in [-0.05, 0) is 30.3 Å². The van der Waals surface area contributed by atoms with Crippen LogP contribution in [0.3, 0.4) is 0 Å². The first-order valence-electron chi connectivity index (χ1n) is 6.39. The van der Waals surface area contributed by atoms with Crippen LogP contribution in [0.4, 0.5) is 15.8 Å². The van der Waals surface area contributed by atoms with E-state index in [4.69, 9.17) is 11.6 Å². The molecule has 0 radical (unpaired) electrons. The molecular formula is C16H10ClFN2O2. The molecule has 6 heteroatoms. The summed E-state index contributed by atoms with van der Waals surface area (Å²) < 4.78 is 13.8. The first-order chi connectivity index (χ1) is 10.6. The summed E-state index contributed by atoms with van der Waals surface area (Å²) in [6.45, 7) is 0. The van der Waals surface area contributed by atoms with E-state index in [2.05, 4.69) is 10.3 Å². The molecule has 0 saturated carbocycles. The molecule has 0 aliphatic rings. The molecular weight excluding hydrogens is 307 g/mol. The number of carbonyl (C=O) groups is 1. The van der Waals surface area contributed by atoms with Crippen molar-refractivity contribution in [2.75, 3.05) is 5.32 Å². The number of rotatable bonds is 3. The van der Waals surface area contributed by atoms with Gasteiger partial charge < -0.3 is 10.4 Å². The standard InChI is InChI=1S/C16H10ClFN2O2/c17-9-5-6-13-10(7-9)15(11(8-19-13)16(21)22)20-14-4-2-1-3-12(14)18/h1-8H,(H,19,20)(H,21,22). The summed E-state index contributed by atoms with van der Waals surface area (Å²) in [5.74, 6) is -1.64. The zero-order valence-electron chi connectivity index (χ0n) is 11.2. The molecule has 110 valence electrons. The number of carboxylic acids is 1. The lowest BCUT2D eigenvalue weighted by molar-refractivity contribution is 0.0697. The van der Waals surface area contributed by atoms with Crippen LogP contribution < -0.4 is 5.32 Å². The van der Waals surface area contributed by atoms with Gasteiger partial charge in [0.2, 0.25) is 0 Å². The van der Waals surface area contributed by atoms with Gasteiger partial charge in [0.25, 0.3) is 0 Å². The summed E-state index contributed by atoms with van der Waals surface area (Å²) in [5, 5.41) is 13.1. The Balaban J connectivity index is 2.25. The average Bonchev–Trinajstić information content (AvgIpc) is 2.49. The minimum Gasteiger partial charge on any atom is -0.478 e. The number of benzene rings is 2. The molecule has 3 aromatic rings. The van der Waals surface area contributed by atoms with Gasteiger partial charge in [0.05, 0.1) is 16.9 Å². The minimum atomic E-state index is -1.16. The van der Waals surface area contributed by atoms with Crippen LogP contribution in [0.15, 0.2) is 48.7 Å². The first kappa shape index (κ1) is 14.3. The predicted octanol–water partition coefficient (Wildman–Crippen LogP) is 4.47. The summed E-state index contributed by atoms with van der Waals surface area (Å²) in [6, 6.07) is 11.0. The summed E-state index contributed by atoms with van der Waals surface area (Å²) >= 11 is 5.98. The maximum Gasteiger partial charge on any atom is 0.339 e. The summed E-state index contributed by atoms with van der Waals surface area (Å²) in [7, 11) is 0. The van der Waals surface area contributed by atoms with Gasteiger partial charge in [-0.3, -0.25) is 4.98 Å². The molecule has 1 heterocycles. The number of para-hydroxylation sites is 1. The van der Waals surface area contributed by atoms with Crippen LogP contribution in [0.1, 0.15) is 10.4 Å². The van der Waals surface area contributed by atoms with Crippen molar-refractivity contribution < 1.29 is 14.3 Å². The number of pyridine rings is 1. The van der Waals surface area contributed by atoms with E-state index in [1.54, 1.807) is 30.3 Å². The van der Waals surface area contributed by atoms with Crippen LogP contribution in [0, 0.1) is 5.82 Å². The van der Waals surface area contributed by atoms with Crippen LogP contribution >= 0.6 is 11.6 Å². The van der Waals surface area contributed by atoms with Crippen LogP contribution in [-0.2, 0) is 0 Å². The predicted molar refractivity (Wildman–Crippen MR) is 83.4 cm³/mol. The Morgan fingerprint density at radius 3 is 2.73 bits per heavy atom. The molecule has 0 fully saturated rings. The number of hydrogen-bond acceptors (Lipinski definition) is 3. The van der Waals surface area contributed by atoms with Crippen LogP contribution in [-0.4, -0.2) is 16.1 Å². The van der Waals surface area contributed by atoms with Gasteiger partial charge >= 0.3 is 5.97 Å². The zero-order valence-corrected chi connectivity index (χ0v) is 11.9. The van der Waals surface area contributed by atoms with Gasteiger partial charge in [0.15, 0.2) is 0 Å². The summed E-state index contributed by atoms with van der Waals surface area (Å²) in [6.07, 6.45) is 1.24. The lowest BCUT2D eigenvalue weighted by atomic mass is 10.1. The number of hydrogen-bond donors (Lipinski definition) is 2. The molecule has 0 saturated heterocycles. The number of halogens is 2. The minimum absolute atomic E-state index is 0.0574. The highest BCUT2D eigenvalue weighted by Gasteiger charge is 2.16. The Morgan fingerprint density at radius 2 is 2.00 bits per heavy atom. The number of aromatic carboxylic acids is 1. The monoisotopic (exact) mass is 316 g/mol. The van der Waals surface area contributed by atoms with Crippen LogP contribution in [0.2, 0.25) is 5.02 Å². The van der Waals surface area contributed by atoms with E-state index in [0.717, 1.165) is 0 Å². The maximum atomic E-state index is 13.8. The van der Waals surface area contributed by atoms with E-state index >= 15 is 0 Å². The van der Waals surface area contributed by atoms with Crippen molar-refractivity contribution >= 4 is 39.8 Å². The molecule has 0 unspecified atom stereocenters. The smallest absolute Gasteiger partial charge is 0.339 e. The molecule has 4 nitrogen and oxygen atoms in total. The van der Waals surface area contributed by atoms with E-state index in [1.165, 1.54) is 18.3 Å². The Bertz CT molecular complexity index is 883. The Kier molecular flexibility index (Phi) is 3.65. The van der Waals surface area contributed by atoms with Gasteiger partial charge in [0, 0.05) is 16.6 Å². The molecule has 2 N–H and O–H groups in total. The average molecular weight is 317 g/mol. The normalized spacial score (nSPS) is 10.6. The highest BCUT2D eigenvalue weighted by Crippen LogP contribution is 2.31. The summed E-state index contributed by atoms with van der Waals surface area (Å²) in [4.78, 5) is 15.5. The fourth-order valence-corrected chi connectivity index (χ4v) is 2.33. The molecule has 0 aliphatic carbocycles.